The molecule has 3 nitrogen and oxygen atoms in total. The lowest BCUT2D eigenvalue weighted by Gasteiger charge is -2.10. The molecule has 5 heteroatoms. The van der Waals surface area contributed by atoms with Crippen LogP contribution in [-0.2, 0) is 0 Å². The Morgan fingerprint density at radius 2 is 2.05 bits per heavy atom. The molecule has 2 rings (SSSR count). The van der Waals surface area contributed by atoms with E-state index in [4.69, 9.17) is 0 Å². The molecular weight excluding hydrogens is 311 g/mol. The smallest absolute Gasteiger partial charge is 0.254 e. The van der Waals surface area contributed by atoms with E-state index in [9.17, 15) is 9.18 Å². The molecule has 0 amide bonds. The molecule has 1 aromatic heterocycles. The Balaban J connectivity index is 2.62. The number of aryl methyl sites for hydroxylation is 1. The summed E-state index contributed by atoms with van der Waals surface area (Å²) in [5, 5.41) is 0. The van der Waals surface area contributed by atoms with Crippen molar-refractivity contribution in [2.45, 2.75) is 26.7 Å². The third kappa shape index (κ3) is 2.76. The molecule has 0 fully saturated rings. The Bertz CT molecular complexity index is 680. The Kier molecular flexibility index (Phi) is 3.85. The summed E-state index contributed by atoms with van der Waals surface area (Å²) in [6.07, 6.45) is 0. The number of nitrogens with zero attached hydrogens (tertiary/aromatic N) is 1. The number of halogens is 2. The number of aromatic nitrogens is 2. The minimum Gasteiger partial charge on any atom is -0.306 e. The minimum atomic E-state index is -0.339. The van der Waals surface area contributed by atoms with Crippen LogP contribution in [0.3, 0.4) is 0 Å². The van der Waals surface area contributed by atoms with Crippen molar-refractivity contribution in [1.82, 2.24) is 9.97 Å². The zero-order valence-corrected chi connectivity index (χ0v) is 12.5. The Hall–Kier alpha value is -1.49. The maximum atomic E-state index is 13.1. The first kappa shape index (κ1) is 13.9. The first-order valence-electron chi connectivity index (χ1n) is 5.96. The molecule has 0 aliphatic heterocycles. The van der Waals surface area contributed by atoms with Crippen molar-refractivity contribution in [3.63, 3.8) is 0 Å². The summed E-state index contributed by atoms with van der Waals surface area (Å²) >= 11 is 3.28. The highest BCUT2D eigenvalue weighted by Gasteiger charge is 2.14. The maximum absolute atomic E-state index is 13.1. The average molecular weight is 325 g/mol. The van der Waals surface area contributed by atoms with Crippen molar-refractivity contribution >= 4 is 15.9 Å². The maximum Gasteiger partial charge on any atom is 0.254 e. The van der Waals surface area contributed by atoms with Gasteiger partial charge in [0.1, 0.15) is 11.6 Å². The highest BCUT2D eigenvalue weighted by molar-refractivity contribution is 9.10. The van der Waals surface area contributed by atoms with Gasteiger partial charge in [0.15, 0.2) is 0 Å². The van der Waals surface area contributed by atoms with Crippen LogP contribution in [0.2, 0.25) is 0 Å². The average Bonchev–Trinajstić information content (AvgIpc) is 2.26. The Morgan fingerprint density at radius 1 is 1.37 bits per heavy atom. The van der Waals surface area contributed by atoms with Gasteiger partial charge in [0.25, 0.3) is 5.56 Å². The van der Waals surface area contributed by atoms with Crippen molar-refractivity contribution in [3.05, 3.63) is 50.1 Å². The second kappa shape index (κ2) is 5.25. The van der Waals surface area contributed by atoms with Crippen LogP contribution in [0.5, 0.6) is 0 Å². The zero-order chi connectivity index (χ0) is 14.2. The summed E-state index contributed by atoms with van der Waals surface area (Å²) in [4.78, 5) is 19.2. The second-order valence-electron chi connectivity index (χ2n) is 4.69. The van der Waals surface area contributed by atoms with E-state index in [0.717, 1.165) is 0 Å². The van der Waals surface area contributed by atoms with Crippen LogP contribution in [0.1, 0.15) is 31.0 Å². The third-order valence-electron chi connectivity index (χ3n) is 2.91. The topological polar surface area (TPSA) is 45.8 Å². The standard InChI is InChI=1S/C14H14BrFN2O/c1-7(2)12-8(3)17-13(18-14(12)19)10-5-4-9(16)6-11(10)15/h4-7H,1-3H3,(H,17,18,19). The molecular formula is C14H14BrFN2O. The first-order valence-corrected chi connectivity index (χ1v) is 6.75. The van der Waals surface area contributed by atoms with Gasteiger partial charge in [-0.25, -0.2) is 9.37 Å². The molecule has 1 aromatic carbocycles. The van der Waals surface area contributed by atoms with Gasteiger partial charge in [0, 0.05) is 21.3 Å². The number of benzene rings is 1. The van der Waals surface area contributed by atoms with Crippen LogP contribution in [0, 0.1) is 12.7 Å². The fourth-order valence-corrected chi connectivity index (χ4v) is 2.62. The fourth-order valence-electron chi connectivity index (χ4n) is 2.08. The first-order chi connectivity index (χ1) is 8.90. The van der Waals surface area contributed by atoms with E-state index in [1.807, 2.05) is 20.8 Å². The van der Waals surface area contributed by atoms with E-state index in [1.165, 1.54) is 12.1 Å². The predicted octanol–water partition coefficient (Wildman–Crippen LogP) is 3.77. The molecule has 0 spiro atoms. The van der Waals surface area contributed by atoms with E-state index in [1.54, 1.807) is 6.07 Å². The summed E-state index contributed by atoms with van der Waals surface area (Å²) in [5.74, 6) is 0.217. The van der Waals surface area contributed by atoms with Crippen molar-refractivity contribution in [3.8, 4) is 11.4 Å². The van der Waals surface area contributed by atoms with Gasteiger partial charge in [-0.05, 0) is 47.0 Å². The summed E-state index contributed by atoms with van der Waals surface area (Å²) in [5.41, 5.74) is 1.90. The number of hydrogen-bond donors (Lipinski definition) is 1. The van der Waals surface area contributed by atoms with E-state index >= 15 is 0 Å². The summed E-state index contributed by atoms with van der Waals surface area (Å²) < 4.78 is 13.6. The number of aromatic amines is 1. The molecule has 100 valence electrons. The second-order valence-corrected chi connectivity index (χ2v) is 5.55. The van der Waals surface area contributed by atoms with Gasteiger partial charge in [0.05, 0.1) is 0 Å². The van der Waals surface area contributed by atoms with Crippen molar-refractivity contribution in [2.75, 3.05) is 0 Å². The fraction of sp³-hybridized carbons (Fsp3) is 0.286. The van der Waals surface area contributed by atoms with Crippen LogP contribution in [0.4, 0.5) is 4.39 Å². The largest absolute Gasteiger partial charge is 0.306 e. The van der Waals surface area contributed by atoms with Gasteiger partial charge in [-0.2, -0.15) is 0 Å². The van der Waals surface area contributed by atoms with Gasteiger partial charge >= 0.3 is 0 Å². The SMILES string of the molecule is Cc1nc(-c2ccc(F)cc2Br)[nH]c(=O)c1C(C)C. The third-order valence-corrected chi connectivity index (χ3v) is 3.57. The van der Waals surface area contributed by atoms with Crippen molar-refractivity contribution in [2.24, 2.45) is 0 Å². The van der Waals surface area contributed by atoms with Gasteiger partial charge in [-0.15, -0.1) is 0 Å². The summed E-state index contributed by atoms with van der Waals surface area (Å²) in [6.45, 7) is 5.71. The molecule has 0 bridgehead atoms. The molecule has 19 heavy (non-hydrogen) atoms. The van der Waals surface area contributed by atoms with E-state index in [0.29, 0.717) is 27.1 Å². The number of H-pyrrole nitrogens is 1. The van der Waals surface area contributed by atoms with E-state index in [2.05, 4.69) is 25.9 Å². The Morgan fingerprint density at radius 3 is 2.58 bits per heavy atom. The molecule has 0 aliphatic rings. The van der Waals surface area contributed by atoms with Gasteiger partial charge in [-0.3, -0.25) is 4.79 Å². The lowest BCUT2D eigenvalue weighted by Crippen LogP contribution is -2.18. The molecule has 0 aliphatic carbocycles. The van der Waals surface area contributed by atoms with Crippen LogP contribution >= 0.6 is 15.9 Å². The zero-order valence-electron chi connectivity index (χ0n) is 10.9. The number of hydrogen-bond acceptors (Lipinski definition) is 2. The lowest BCUT2D eigenvalue weighted by molar-refractivity contribution is 0.627. The van der Waals surface area contributed by atoms with Crippen LogP contribution < -0.4 is 5.56 Å². The minimum absolute atomic E-state index is 0.113. The molecule has 0 saturated heterocycles. The predicted molar refractivity (Wildman–Crippen MR) is 76.8 cm³/mol. The lowest BCUT2D eigenvalue weighted by atomic mass is 10.0. The van der Waals surface area contributed by atoms with Crippen LogP contribution in [0.25, 0.3) is 11.4 Å². The normalized spacial score (nSPS) is 11.1. The number of rotatable bonds is 2. The van der Waals surface area contributed by atoms with Crippen LogP contribution in [0.15, 0.2) is 27.5 Å². The van der Waals surface area contributed by atoms with Gasteiger partial charge in [0.2, 0.25) is 0 Å². The molecule has 0 unspecified atom stereocenters. The molecule has 0 radical (unpaired) electrons. The number of nitrogens with one attached hydrogen (secondary N) is 1. The summed E-state index contributed by atoms with van der Waals surface area (Å²) in [6, 6.07) is 4.28. The molecule has 2 aromatic rings. The molecule has 1 heterocycles. The summed E-state index contributed by atoms with van der Waals surface area (Å²) in [7, 11) is 0. The quantitative estimate of drug-likeness (QED) is 0.913. The highest BCUT2D eigenvalue weighted by Crippen LogP contribution is 2.26. The Labute approximate surface area is 119 Å². The van der Waals surface area contributed by atoms with Crippen LogP contribution in [-0.4, -0.2) is 9.97 Å². The van der Waals surface area contributed by atoms with Crippen molar-refractivity contribution < 1.29 is 4.39 Å². The highest BCUT2D eigenvalue weighted by atomic mass is 79.9. The van der Waals surface area contributed by atoms with E-state index < -0.39 is 0 Å². The monoisotopic (exact) mass is 324 g/mol. The van der Waals surface area contributed by atoms with Gasteiger partial charge < -0.3 is 4.98 Å². The molecule has 1 N–H and O–H groups in total. The van der Waals surface area contributed by atoms with Gasteiger partial charge in [-0.1, -0.05) is 13.8 Å². The van der Waals surface area contributed by atoms with Crippen molar-refractivity contribution in [1.29, 1.82) is 0 Å². The van der Waals surface area contributed by atoms with E-state index in [-0.39, 0.29) is 17.3 Å². The molecule has 0 atom stereocenters. The molecule has 0 saturated carbocycles.